The third-order valence-corrected chi connectivity index (χ3v) is 3.14. The van der Waals surface area contributed by atoms with E-state index < -0.39 is 6.04 Å². The maximum absolute atomic E-state index is 11.7. The molecule has 1 aromatic carbocycles. The molecule has 1 aliphatic rings. The minimum absolute atomic E-state index is 0.00472. The minimum Gasteiger partial charge on any atom is -0.371 e. The van der Waals surface area contributed by atoms with Gasteiger partial charge in [-0.1, -0.05) is 23.7 Å². The zero-order chi connectivity index (χ0) is 13.7. The van der Waals surface area contributed by atoms with Gasteiger partial charge in [0.2, 0.25) is 5.91 Å². The van der Waals surface area contributed by atoms with Crippen LogP contribution in [0.4, 0.5) is 0 Å². The maximum atomic E-state index is 11.7. The van der Waals surface area contributed by atoms with Crippen LogP contribution in [-0.2, 0) is 9.53 Å². The molecule has 100 valence electrons. The molecule has 0 spiro atoms. The van der Waals surface area contributed by atoms with Gasteiger partial charge in [0.1, 0.15) is 12.6 Å². The molecule has 1 aliphatic carbocycles. The zero-order valence-corrected chi connectivity index (χ0v) is 11.2. The number of hydrogen-bond acceptors (Lipinski definition) is 3. The van der Waals surface area contributed by atoms with Crippen LogP contribution in [0, 0.1) is 17.2 Å². The molecule has 1 atom stereocenters. The predicted molar refractivity (Wildman–Crippen MR) is 71.5 cm³/mol. The Labute approximate surface area is 117 Å². The number of amides is 1. The fraction of sp³-hybridized carbons (Fsp3) is 0.429. The number of nitrogens with one attached hydrogen (secondary N) is 1. The number of nitrogens with zero attached hydrogens (tertiary/aromatic N) is 1. The van der Waals surface area contributed by atoms with Crippen molar-refractivity contribution in [2.24, 2.45) is 5.92 Å². The van der Waals surface area contributed by atoms with Gasteiger partial charge in [0.25, 0.3) is 0 Å². The highest BCUT2D eigenvalue weighted by Gasteiger charge is 2.22. The Kier molecular flexibility index (Phi) is 4.78. The van der Waals surface area contributed by atoms with Crippen molar-refractivity contribution in [1.29, 1.82) is 5.26 Å². The molecule has 1 fully saturated rings. The number of hydrogen-bond donors (Lipinski definition) is 1. The third kappa shape index (κ3) is 4.55. The van der Waals surface area contributed by atoms with Crippen molar-refractivity contribution < 1.29 is 9.53 Å². The van der Waals surface area contributed by atoms with Gasteiger partial charge in [-0.05, 0) is 36.5 Å². The summed E-state index contributed by atoms with van der Waals surface area (Å²) < 4.78 is 5.28. The average Bonchev–Trinajstić information content (AvgIpc) is 3.20. The van der Waals surface area contributed by atoms with E-state index in [1.165, 1.54) is 12.8 Å². The molecule has 1 amide bonds. The van der Waals surface area contributed by atoms with Gasteiger partial charge in [-0.2, -0.15) is 5.26 Å². The second kappa shape index (κ2) is 6.55. The lowest BCUT2D eigenvalue weighted by atomic mass is 10.1. The van der Waals surface area contributed by atoms with E-state index in [9.17, 15) is 4.79 Å². The largest absolute Gasteiger partial charge is 0.371 e. The van der Waals surface area contributed by atoms with Crippen LogP contribution in [0.5, 0.6) is 0 Å². The highest BCUT2D eigenvalue weighted by Crippen LogP contribution is 2.28. The topological polar surface area (TPSA) is 62.1 Å². The standard InChI is InChI=1S/C14H15ClN2O2/c15-12-3-1-2-11(6-12)13(7-16)17-14(18)9-19-8-10-4-5-10/h1-3,6,10,13H,4-5,8-9H2,(H,17,18)/t13-/m0/s1. The minimum atomic E-state index is -0.698. The summed E-state index contributed by atoms with van der Waals surface area (Å²) in [7, 11) is 0. The summed E-state index contributed by atoms with van der Waals surface area (Å²) in [5, 5.41) is 12.3. The van der Waals surface area contributed by atoms with Gasteiger partial charge in [-0.15, -0.1) is 0 Å². The van der Waals surface area contributed by atoms with Crippen molar-refractivity contribution >= 4 is 17.5 Å². The average molecular weight is 279 g/mol. The van der Waals surface area contributed by atoms with E-state index in [2.05, 4.69) is 5.32 Å². The van der Waals surface area contributed by atoms with Crippen LogP contribution in [-0.4, -0.2) is 19.1 Å². The molecule has 0 heterocycles. The van der Waals surface area contributed by atoms with Gasteiger partial charge in [0, 0.05) is 5.02 Å². The van der Waals surface area contributed by atoms with Crippen LogP contribution in [0.1, 0.15) is 24.4 Å². The highest BCUT2D eigenvalue weighted by molar-refractivity contribution is 6.30. The first-order chi connectivity index (χ1) is 9.19. The van der Waals surface area contributed by atoms with E-state index in [1.54, 1.807) is 24.3 Å². The molecule has 0 radical (unpaired) electrons. The Morgan fingerprint density at radius 1 is 1.58 bits per heavy atom. The SMILES string of the molecule is N#C[C@H](NC(=O)COCC1CC1)c1cccc(Cl)c1. The second-order valence-electron chi connectivity index (χ2n) is 4.64. The normalized spacial score (nSPS) is 15.6. The van der Waals surface area contributed by atoms with E-state index in [0.29, 0.717) is 23.1 Å². The molecule has 0 bridgehead atoms. The third-order valence-electron chi connectivity index (χ3n) is 2.90. The highest BCUT2D eigenvalue weighted by atomic mass is 35.5. The number of rotatable bonds is 6. The van der Waals surface area contributed by atoms with Crippen molar-refractivity contribution in [2.45, 2.75) is 18.9 Å². The second-order valence-corrected chi connectivity index (χ2v) is 5.08. The first-order valence-corrected chi connectivity index (χ1v) is 6.59. The Balaban J connectivity index is 1.84. The first-order valence-electron chi connectivity index (χ1n) is 6.21. The van der Waals surface area contributed by atoms with Crippen molar-refractivity contribution in [3.63, 3.8) is 0 Å². The monoisotopic (exact) mass is 278 g/mol. The maximum Gasteiger partial charge on any atom is 0.247 e. The number of carbonyl (C=O) groups is 1. The zero-order valence-electron chi connectivity index (χ0n) is 10.4. The van der Waals surface area contributed by atoms with Crippen LogP contribution >= 0.6 is 11.6 Å². The molecular formula is C14H15ClN2O2. The summed E-state index contributed by atoms with van der Waals surface area (Å²) in [5.74, 6) is 0.333. The molecule has 0 unspecified atom stereocenters. The number of halogens is 1. The Morgan fingerprint density at radius 3 is 3.00 bits per heavy atom. The predicted octanol–water partition coefficient (Wildman–Crippen LogP) is 2.45. The van der Waals surface area contributed by atoms with Gasteiger partial charge in [-0.25, -0.2) is 0 Å². The van der Waals surface area contributed by atoms with Gasteiger partial charge in [-0.3, -0.25) is 4.79 Å². The van der Waals surface area contributed by atoms with Crippen molar-refractivity contribution in [1.82, 2.24) is 5.32 Å². The first kappa shape index (κ1) is 13.9. The van der Waals surface area contributed by atoms with Crippen LogP contribution in [0.15, 0.2) is 24.3 Å². The van der Waals surface area contributed by atoms with Gasteiger partial charge in [0.15, 0.2) is 0 Å². The molecule has 19 heavy (non-hydrogen) atoms. The number of nitriles is 1. The summed E-state index contributed by atoms with van der Waals surface area (Å²) in [6, 6.07) is 8.24. The molecule has 1 N–H and O–H groups in total. The van der Waals surface area contributed by atoms with E-state index in [1.807, 2.05) is 6.07 Å². The van der Waals surface area contributed by atoms with E-state index in [-0.39, 0.29) is 12.5 Å². The van der Waals surface area contributed by atoms with Gasteiger partial charge in [0.05, 0.1) is 12.7 Å². The Hall–Kier alpha value is -1.57. The van der Waals surface area contributed by atoms with E-state index in [4.69, 9.17) is 21.6 Å². The number of carbonyl (C=O) groups excluding carboxylic acids is 1. The van der Waals surface area contributed by atoms with E-state index >= 15 is 0 Å². The fourth-order valence-electron chi connectivity index (χ4n) is 1.68. The van der Waals surface area contributed by atoms with Crippen LogP contribution < -0.4 is 5.32 Å². The molecular weight excluding hydrogens is 264 g/mol. The molecule has 2 rings (SSSR count). The van der Waals surface area contributed by atoms with Crippen molar-refractivity contribution in [3.8, 4) is 6.07 Å². The molecule has 1 saturated carbocycles. The van der Waals surface area contributed by atoms with Crippen molar-refractivity contribution in [2.75, 3.05) is 13.2 Å². The lowest BCUT2D eigenvalue weighted by Gasteiger charge is -2.12. The Bertz CT molecular complexity index is 494. The summed E-state index contributed by atoms with van der Waals surface area (Å²) in [5.41, 5.74) is 0.672. The van der Waals surface area contributed by atoms with Crippen LogP contribution in [0.25, 0.3) is 0 Å². The fourth-order valence-corrected chi connectivity index (χ4v) is 1.88. The summed E-state index contributed by atoms with van der Waals surface area (Å²) in [6.07, 6.45) is 2.37. The molecule has 0 aliphatic heterocycles. The number of ether oxygens (including phenoxy) is 1. The lowest BCUT2D eigenvalue weighted by molar-refractivity contribution is -0.126. The van der Waals surface area contributed by atoms with Crippen LogP contribution in [0.3, 0.4) is 0 Å². The molecule has 1 aromatic rings. The smallest absolute Gasteiger partial charge is 0.247 e. The molecule has 0 aromatic heterocycles. The van der Waals surface area contributed by atoms with Gasteiger partial charge >= 0.3 is 0 Å². The van der Waals surface area contributed by atoms with Crippen LogP contribution in [0.2, 0.25) is 5.02 Å². The lowest BCUT2D eigenvalue weighted by Crippen LogP contribution is -2.31. The Morgan fingerprint density at radius 2 is 2.37 bits per heavy atom. The quantitative estimate of drug-likeness (QED) is 0.869. The molecule has 0 saturated heterocycles. The summed E-state index contributed by atoms with van der Waals surface area (Å²) in [6.45, 7) is 0.622. The summed E-state index contributed by atoms with van der Waals surface area (Å²) >= 11 is 5.86. The number of benzene rings is 1. The van der Waals surface area contributed by atoms with Crippen molar-refractivity contribution in [3.05, 3.63) is 34.9 Å². The molecule has 4 nitrogen and oxygen atoms in total. The van der Waals surface area contributed by atoms with Gasteiger partial charge < -0.3 is 10.1 Å². The molecule has 5 heteroatoms. The summed E-state index contributed by atoms with van der Waals surface area (Å²) in [4.78, 5) is 11.7. The van der Waals surface area contributed by atoms with E-state index in [0.717, 1.165) is 0 Å².